The summed E-state index contributed by atoms with van der Waals surface area (Å²) in [5, 5.41) is 30.5. The number of hydrogen-bond acceptors (Lipinski definition) is 4. The molecule has 0 aliphatic heterocycles. The Hall–Kier alpha value is -2.24. The first-order valence-corrected chi connectivity index (χ1v) is 6.02. The fourth-order valence-electron chi connectivity index (χ4n) is 2.37. The van der Waals surface area contributed by atoms with Crippen LogP contribution in [0.3, 0.4) is 0 Å². The SMILES string of the molecule is O=C(NC1(C(=O)O)CCCC1)c1ccc(O)cc1O. The Labute approximate surface area is 109 Å². The lowest BCUT2D eigenvalue weighted by atomic mass is 9.97. The molecular formula is C13H15NO5. The number of phenols is 2. The second-order valence-corrected chi connectivity index (χ2v) is 4.75. The first kappa shape index (κ1) is 13.2. The third kappa shape index (κ3) is 2.47. The number of aliphatic carboxylic acids is 1. The van der Waals surface area contributed by atoms with Crippen molar-refractivity contribution < 1.29 is 24.9 Å². The van der Waals surface area contributed by atoms with E-state index in [9.17, 15) is 19.8 Å². The maximum absolute atomic E-state index is 12.0. The van der Waals surface area contributed by atoms with Gasteiger partial charge in [-0.2, -0.15) is 0 Å². The molecule has 1 saturated carbocycles. The van der Waals surface area contributed by atoms with Crippen molar-refractivity contribution in [3.63, 3.8) is 0 Å². The predicted molar refractivity (Wildman–Crippen MR) is 66.1 cm³/mol. The molecule has 0 atom stereocenters. The number of nitrogens with one attached hydrogen (secondary N) is 1. The van der Waals surface area contributed by atoms with Gasteiger partial charge in [-0.05, 0) is 25.0 Å². The number of hydrogen-bond donors (Lipinski definition) is 4. The van der Waals surface area contributed by atoms with Crippen LogP contribution in [0.1, 0.15) is 36.0 Å². The largest absolute Gasteiger partial charge is 0.508 e. The van der Waals surface area contributed by atoms with E-state index in [1.807, 2.05) is 0 Å². The maximum Gasteiger partial charge on any atom is 0.329 e. The van der Waals surface area contributed by atoms with Crippen molar-refractivity contribution in [1.82, 2.24) is 5.32 Å². The number of benzene rings is 1. The number of rotatable bonds is 3. The Morgan fingerprint density at radius 2 is 1.79 bits per heavy atom. The van der Waals surface area contributed by atoms with E-state index >= 15 is 0 Å². The molecule has 1 aromatic carbocycles. The van der Waals surface area contributed by atoms with Crippen LogP contribution in [0.15, 0.2) is 18.2 Å². The van der Waals surface area contributed by atoms with Crippen LogP contribution in [0.25, 0.3) is 0 Å². The Balaban J connectivity index is 2.22. The molecule has 4 N–H and O–H groups in total. The molecule has 0 bridgehead atoms. The van der Waals surface area contributed by atoms with Crippen molar-refractivity contribution in [1.29, 1.82) is 0 Å². The number of phenolic OH excluding ortho intramolecular Hbond substituents is 2. The molecule has 19 heavy (non-hydrogen) atoms. The fraction of sp³-hybridized carbons (Fsp3) is 0.385. The second kappa shape index (κ2) is 4.79. The number of carbonyl (C=O) groups excluding carboxylic acids is 1. The van der Waals surface area contributed by atoms with Crippen molar-refractivity contribution in [3.05, 3.63) is 23.8 Å². The summed E-state index contributed by atoms with van der Waals surface area (Å²) >= 11 is 0. The molecule has 1 amide bonds. The lowest BCUT2D eigenvalue weighted by Crippen LogP contribution is -2.52. The van der Waals surface area contributed by atoms with Crippen molar-refractivity contribution in [3.8, 4) is 11.5 Å². The second-order valence-electron chi connectivity index (χ2n) is 4.75. The van der Waals surface area contributed by atoms with Crippen molar-refractivity contribution >= 4 is 11.9 Å². The Morgan fingerprint density at radius 3 is 2.32 bits per heavy atom. The first-order valence-electron chi connectivity index (χ1n) is 6.02. The average molecular weight is 265 g/mol. The van der Waals surface area contributed by atoms with Gasteiger partial charge in [-0.25, -0.2) is 4.79 Å². The normalized spacial score (nSPS) is 17.1. The Morgan fingerprint density at radius 1 is 1.16 bits per heavy atom. The van der Waals surface area contributed by atoms with E-state index in [1.54, 1.807) is 0 Å². The standard InChI is InChI=1S/C13H15NO5/c15-8-3-4-9(10(16)7-8)11(17)14-13(12(18)19)5-1-2-6-13/h3-4,7,15-16H,1-2,5-6H2,(H,14,17)(H,18,19). The van der Waals surface area contributed by atoms with E-state index in [1.165, 1.54) is 12.1 Å². The molecule has 0 radical (unpaired) electrons. The summed E-state index contributed by atoms with van der Waals surface area (Å²) < 4.78 is 0. The lowest BCUT2D eigenvalue weighted by Gasteiger charge is -2.25. The topological polar surface area (TPSA) is 107 Å². The minimum atomic E-state index is -1.25. The quantitative estimate of drug-likeness (QED) is 0.657. The number of amides is 1. The zero-order chi connectivity index (χ0) is 14.0. The highest BCUT2D eigenvalue weighted by Crippen LogP contribution is 2.31. The first-order chi connectivity index (χ1) is 8.94. The summed E-state index contributed by atoms with van der Waals surface area (Å²) in [4.78, 5) is 23.3. The molecule has 1 aliphatic carbocycles. The fourth-order valence-corrected chi connectivity index (χ4v) is 2.37. The summed E-state index contributed by atoms with van der Waals surface area (Å²) in [5.41, 5.74) is -1.30. The van der Waals surface area contributed by atoms with Crippen LogP contribution in [0.2, 0.25) is 0 Å². The third-order valence-corrected chi connectivity index (χ3v) is 3.45. The minimum Gasteiger partial charge on any atom is -0.508 e. The summed E-state index contributed by atoms with van der Waals surface area (Å²) in [6, 6.07) is 3.55. The van der Waals surface area contributed by atoms with E-state index in [0.717, 1.165) is 18.9 Å². The van der Waals surface area contributed by atoms with Crippen LogP contribution in [0, 0.1) is 0 Å². The van der Waals surface area contributed by atoms with Gasteiger partial charge in [0.05, 0.1) is 5.56 Å². The van der Waals surface area contributed by atoms with E-state index in [2.05, 4.69) is 5.32 Å². The van der Waals surface area contributed by atoms with Crippen LogP contribution < -0.4 is 5.32 Å². The highest BCUT2D eigenvalue weighted by Gasteiger charge is 2.42. The van der Waals surface area contributed by atoms with E-state index in [4.69, 9.17) is 5.11 Å². The van der Waals surface area contributed by atoms with E-state index in [0.29, 0.717) is 12.8 Å². The number of carbonyl (C=O) groups is 2. The van der Waals surface area contributed by atoms with Crippen LogP contribution in [-0.2, 0) is 4.79 Å². The molecule has 102 valence electrons. The number of carboxylic acid groups (broad SMARTS) is 1. The minimum absolute atomic E-state index is 0.0506. The molecule has 0 heterocycles. The maximum atomic E-state index is 12.0. The highest BCUT2D eigenvalue weighted by atomic mass is 16.4. The van der Waals surface area contributed by atoms with E-state index < -0.39 is 17.4 Å². The van der Waals surface area contributed by atoms with Gasteiger partial charge in [0.2, 0.25) is 0 Å². The molecule has 6 heteroatoms. The number of carboxylic acids is 1. The van der Waals surface area contributed by atoms with Crippen molar-refractivity contribution in [2.45, 2.75) is 31.2 Å². The molecule has 2 rings (SSSR count). The third-order valence-electron chi connectivity index (χ3n) is 3.45. The highest BCUT2D eigenvalue weighted by molar-refractivity contribution is 6.00. The summed E-state index contributed by atoms with van der Waals surface area (Å²) in [5.74, 6) is -2.25. The molecule has 0 saturated heterocycles. The smallest absolute Gasteiger partial charge is 0.329 e. The van der Waals surface area contributed by atoms with Gasteiger partial charge in [-0.1, -0.05) is 12.8 Å². The van der Waals surface area contributed by atoms with Crippen LogP contribution in [-0.4, -0.2) is 32.7 Å². The van der Waals surface area contributed by atoms with Gasteiger partial charge < -0.3 is 20.6 Å². The van der Waals surface area contributed by atoms with Crippen LogP contribution >= 0.6 is 0 Å². The van der Waals surface area contributed by atoms with Crippen molar-refractivity contribution in [2.75, 3.05) is 0 Å². The van der Waals surface area contributed by atoms with E-state index in [-0.39, 0.29) is 17.1 Å². The van der Waals surface area contributed by atoms with Gasteiger partial charge in [-0.3, -0.25) is 4.79 Å². The lowest BCUT2D eigenvalue weighted by molar-refractivity contribution is -0.144. The van der Waals surface area contributed by atoms with Gasteiger partial charge in [0.25, 0.3) is 5.91 Å². The van der Waals surface area contributed by atoms with Gasteiger partial charge in [0.1, 0.15) is 17.0 Å². The summed E-state index contributed by atoms with van der Waals surface area (Å²) in [6.07, 6.45) is 2.25. The van der Waals surface area contributed by atoms with Gasteiger partial charge in [0, 0.05) is 6.07 Å². The van der Waals surface area contributed by atoms with Gasteiger partial charge >= 0.3 is 5.97 Å². The summed E-state index contributed by atoms with van der Waals surface area (Å²) in [7, 11) is 0. The molecule has 0 unspecified atom stereocenters. The predicted octanol–water partition coefficient (Wildman–Crippen LogP) is 1.22. The monoisotopic (exact) mass is 265 g/mol. The molecular weight excluding hydrogens is 250 g/mol. The zero-order valence-electron chi connectivity index (χ0n) is 10.2. The molecule has 1 aromatic rings. The molecule has 1 fully saturated rings. The molecule has 0 aromatic heterocycles. The van der Waals surface area contributed by atoms with Gasteiger partial charge in [0.15, 0.2) is 0 Å². The van der Waals surface area contributed by atoms with Crippen LogP contribution in [0.4, 0.5) is 0 Å². The van der Waals surface area contributed by atoms with Crippen molar-refractivity contribution in [2.24, 2.45) is 0 Å². The summed E-state index contributed by atoms with van der Waals surface area (Å²) in [6.45, 7) is 0. The Bertz CT molecular complexity index is 520. The molecule has 1 aliphatic rings. The molecule has 0 spiro atoms. The molecule has 6 nitrogen and oxygen atoms in total. The average Bonchev–Trinajstić information content (AvgIpc) is 2.78. The number of aromatic hydroxyl groups is 2. The van der Waals surface area contributed by atoms with Gasteiger partial charge in [-0.15, -0.1) is 0 Å². The van der Waals surface area contributed by atoms with Crippen LogP contribution in [0.5, 0.6) is 11.5 Å². The zero-order valence-corrected chi connectivity index (χ0v) is 10.2. The Kier molecular flexibility index (Phi) is 3.33.